The van der Waals surface area contributed by atoms with Crippen LogP contribution in [0.25, 0.3) is 10.9 Å². The first kappa shape index (κ1) is 12.9. The number of para-hydroxylation sites is 1. The Labute approximate surface area is 119 Å². The summed E-state index contributed by atoms with van der Waals surface area (Å²) in [6.07, 6.45) is 4.13. The second kappa shape index (κ2) is 5.48. The van der Waals surface area contributed by atoms with Crippen LogP contribution in [0.2, 0.25) is 0 Å². The molecule has 1 fully saturated rings. The van der Waals surface area contributed by atoms with E-state index in [9.17, 15) is 5.26 Å². The van der Waals surface area contributed by atoms with Gasteiger partial charge in [-0.25, -0.2) is 0 Å². The molecule has 102 valence electrons. The van der Waals surface area contributed by atoms with Gasteiger partial charge in [0.05, 0.1) is 16.8 Å². The zero-order valence-electron chi connectivity index (χ0n) is 11.6. The predicted molar refractivity (Wildman–Crippen MR) is 80.6 cm³/mol. The lowest BCUT2D eigenvalue weighted by molar-refractivity contribution is 0.322. The third kappa shape index (κ3) is 2.33. The highest BCUT2D eigenvalue weighted by Crippen LogP contribution is 2.26. The molecule has 4 nitrogen and oxygen atoms in total. The number of fused-ring (bicyclic) bond motifs is 1. The number of aromatic nitrogens is 1. The summed E-state index contributed by atoms with van der Waals surface area (Å²) in [4.78, 5) is 6.71. The number of benzene rings is 1. The fourth-order valence-electron chi connectivity index (χ4n) is 2.87. The molecule has 0 aliphatic carbocycles. The Morgan fingerprint density at radius 2 is 2.30 bits per heavy atom. The molecule has 4 heteroatoms. The summed E-state index contributed by atoms with van der Waals surface area (Å²) in [6.45, 7) is 2.04. The molecule has 20 heavy (non-hydrogen) atoms. The van der Waals surface area contributed by atoms with E-state index < -0.39 is 0 Å². The van der Waals surface area contributed by atoms with Crippen LogP contribution in [0, 0.1) is 11.3 Å². The molecule has 0 bridgehead atoms. The number of hydrogen-bond donors (Lipinski definition) is 1. The largest absolute Gasteiger partial charge is 0.382 e. The van der Waals surface area contributed by atoms with Gasteiger partial charge in [0.15, 0.2) is 0 Å². The molecule has 2 aromatic rings. The van der Waals surface area contributed by atoms with E-state index >= 15 is 0 Å². The van der Waals surface area contributed by atoms with Crippen LogP contribution in [0.3, 0.4) is 0 Å². The summed E-state index contributed by atoms with van der Waals surface area (Å²) < 4.78 is 0. The third-order valence-electron chi connectivity index (χ3n) is 4.08. The van der Waals surface area contributed by atoms with E-state index in [0.717, 1.165) is 29.7 Å². The van der Waals surface area contributed by atoms with Gasteiger partial charge in [-0.3, -0.25) is 4.98 Å². The SMILES string of the molecule is CN1CCCC1CNc1c(C#N)cnc2ccccc12. The number of pyridine rings is 1. The quantitative estimate of drug-likeness (QED) is 0.927. The lowest BCUT2D eigenvalue weighted by atomic mass is 10.1. The molecule has 0 saturated carbocycles. The second-order valence-corrected chi connectivity index (χ2v) is 5.33. The average molecular weight is 266 g/mol. The maximum Gasteiger partial charge on any atom is 0.103 e. The summed E-state index contributed by atoms with van der Waals surface area (Å²) in [5, 5.41) is 13.8. The summed E-state index contributed by atoms with van der Waals surface area (Å²) >= 11 is 0. The normalized spacial score (nSPS) is 19.1. The zero-order chi connectivity index (χ0) is 13.9. The molecule has 2 heterocycles. The molecule has 1 aliphatic rings. The van der Waals surface area contributed by atoms with Gasteiger partial charge in [0.2, 0.25) is 0 Å². The molecule has 1 atom stereocenters. The van der Waals surface area contributed by atoms with Crippen LogP contribution < -0.4 is 5.32 Å². The Morgan fingerprint density at radius 3 is 3.05 bits per heavy atom. The molecule has 1 aromatic heterocycles. The molecule has 0 spiro atoms. The van der Waals surface area contributed by atoms with E-state index in [2.05, 4.69) is 28.3 Å². The molecular weight excluding hydrogens is 248 g/mol. The molecule has 1 aromatic carbocycles. The van der Waals surface area contributed by atoms with Gasteiger partial charge in [0.25, 0.3) is 0 Å². The lowest BCUT2D eigenvalue weighted by Gasteiger charge is -2.21. The van der Waals surface area contributed by atoms with Crippen LogP contribution in [-0.2, 0) is 0 Å². The summed E-state index contributed by atoms with van der Waals surface area (Å²) in [6, 6.07) is 10.7. The Bertz CT molecular complexity index is 659. The average Bonchev–Trinajstić information content (AvgIpc) is 2.90. The van der Waals surface area contributed by atoms with Crippen LogP contribution in [0.5, 0.6) is 0 Å². The van der Waals surface area contributed by atoms with Gasteiger partial charge >= 0.3 is 0 Å². The van der Waals surface area contributed by atoms with Crippen molar-refractivity contribution < 1.29 is 0 Å². The van der Waals surface area contributed by atoms with Gasteiger partial charge in [-0.15, -0.1) is 0 Å². The summed E-state index contributed by atoms with van der Waals surface area (Å²) in [5.41, 5.74) is 2.46. The number of likely N-dealkylation sites (N-methyl/N-ethyl adjacent to an activating group) is 1. The predicted octanol–water partition coefficient (Wildman–Crippen LogP) is 2.61. The maximum atomic E-state index is 9.28. The van der Waals surface area contributed by atoms with E-state index in [-0.39, 0.29) is 0 Å². The van der Waals surface area contributed by atoms with Crippen LogP contribution in [0.4, 0.5) is 5.69 Å². The first-order valence-electron chi connectivity index (χ1n) is 7.01. The number of nitriles is 1. The minimum absolute atomic E-state index is 0.550. The van der Waals surface area contributed by atoms with E-state index in [1.165, 1.54) is 12.8 Å². The maximum absolute atomic E-state index is 9.28. The van der Waals surface area contributed by atoms with E-state index in [4.69, 9.17) is 0 Å². The van der Waals surface area contributed by atoms with Crippen molar-refractivity contribution in [2.45, 2.75) is 18.9 Å². The molecule has 0 radical (unpaired) electrons. The second-order valence-electron chi connectivity index (χ2n) is 5.33. The van der Waals surface area contributed by atoms with Gasteiger partial charge < -0.3 is 10.2 Å². The number of nitrogens with zero attached hydrogens (tertiary/aromatic N) is 3. The zero-order valence-corrected chi connectivity index (χ0v) is 11.6. The van der Waals surface area contributed by atoms with Crippen molar-refractivity contribution in [1.29, 1.82) is 5.26 Å². The Kier molecular flexibility index (Phi) is 3.53. The molecule has 3 rings (SSSR count). The smallest absolute Gasteiger partial charge is 0.103 e. The standard InChI is InChI=1S/C16H18N4/c1-20-8-4-5-13(20)11-19-16-12(9-17)10-18-15-7-3-2-6-14(15)16/h2-3,6-7,10,13H,4-5,8,11H2,1H3,(H,18,19). The fourth-order valence-corrected chi connectivity index (χ4v) is 2.87. The van der Waals surface area contributed by atoms with Crippen molar-refractivity contribution in [1.82, 2.24) is 9.88 Å². The lowest BCUT2D eigenvalue weighted by Crippen LogP contribution is -2.31. The monoisotopic (exact) mass is 266 g/mol. The van der Waals surface area contributed by atoms with Crippen LogP contribution >= 0.6 is 0 Å². The minimum Gasteiger partial charge on any atom is -0.382 e. The fraction of sp³-hybridized carbons (Fsp3) is 0.375. The van der Waals surface area contributed by atoms with Gasteiger partial charge in [-0.2, -0.15) is 5.26 Å². The van der Waals surface area contributed by atoms with Crippen LogP contribution in [-0.4, -0.2) is 36.1 Å². The van der Waals surface area contributed by atoms with Crippen LogP contribution in [0.15, 0.2) is 30.5 Å². The van der Waals surface area contributed by atoms with Gasteiger partial charge in [-0.1, -0.05) is 18.2 Å². The summed E-state index contributed by atoms with van der Waals surface area (Å²) in [7, 11) is 2.16. The highest BCUT2D eigenvalue weighted by atomic mass is 15.2. The first-order valence-corrected chi connectivity index (χ1v) is 7.01. The third-order valence-corrected chi connectivity index (χ3v) is 4.08. The minimum atomic E-state index is 0.550. The highest BCUT2D eigenvalue weighted by molar-refractivity contribution is 5.93. The number of hydrogen-bond acceptors (Lipinski definition) is 4. The van der Waals surface area contributed by atoms with E-state index in [0.29, 0.717) is 11.6 Å². The Morgan fingerprint density at radius 1 is 1.45 bits per heavy atom. The first-order chi connectivity index (χ1) is 9.79. The number of rotatable bonds is 3. The number of likely N-dealkylation sites (tertiary alicyclic amines) is 1. The van der Waals surface area contributed by atoms with Crippen molar-refractivity contribution in [2.24, 2.45) is 0 Å². The molecule has 1 unspecified atom stereocenters. The van der Waals surface area contributed by atoms with Gasteiger partial charge in [-0.05, 0) is 32.5 Å². The highest BCUT2D eigenvalue weighted by Gasteiger charge is 2.21. The van der Waals surface area contributed by atoms with E-state index in [1.807, 2.05) is 24.3 Å². The Balaban J connectivity index is 1.91. The molecule has 0 amide bonds. The molecule has 1 N–H and O–H groups in total. The van der Waals surface area contributed by atoms with Crippen molar-refractivity contribution in [3.05, 3.63) is 36.0 Å². The van der Waals surface area contributed by atoms with Gasteiger partial charge in [0.1, 0.15) is 6.07 Å². The molecule has 1 aliphatic heterocycles. The van der Waals surface area contributed by atoms with E-state index in [1.54, 1.807) is 6.20 Å². The number of anilines is 1. The van der Waals surface area contributed by atoms with Crippen molar-refractivity contribution in [2.75, 3.05) is 25.5 Å². The Hall–Kier alpha value is -2.12. The number of nitrogens with one attached hydrogen (secondary N) is 1. The molecular formula is C16H18N4. The topological polar surface area (TPSA) is 52.0 Å². The molecule has 1 saturated heterocycles. The summed E-state index contributed by atoms with van der Waals surface area (Å²) in [5.74, 6) is 0. The van der Waals surface area contributed by atoms with Crippen LogP contribution in [0.1, 0.15) is 18.4 Å². The van der Waals surface area contributed by atoms with Crippen molar-refractivity contribution in [3.8, 4) is 6.07 Å². The van der Waals surface area contributed by atoms with Crippen molar-refractivity contribution in [3.63, 3.8) is 0 Å². The van der Waals surface area contributed by atoms with Crippen molar-refractivity contribution >= 4 is 16.6 Å². The van der Waals surface area contributed by atoms with Gasteiger partial charge in [0, 0.05) is 24.2 Å².